The lowest BCUT2D eigenvalue weighted by atomic mass is 9.92. The Bertz CT molecular complexity index is 412. The van der Waals surface area contributed by atoms with Crippen LogP contribution >= 0.6 is 0 Å². The van der Waals surface area contributed by atoms with Crippen molar-refractivity contribution in [1.82, 2.24) is 5.32 Å². The average molecular weight is 289 g/mol. The van der Waals surface area contributed by atoms with E-state index in [0.717, 1.165) is 13.0 Å². The van der Waals surface area contributed by atoms with Crippen molar-refractivity contribution >= 4 is 0 Å². The van der Waals surface area contributed by atoms with E-state index in [1.54, 1.807) is 0 Å². The van der Waals surface area contributed by atoms with E-state index >= 15 is 0 Å². The maximum absolute atomic E-state index is 6.03. The SMILES string of the molecule is Cc1ccc(CC(CNC(C)C)CC2CCC(C)O2)cc1. The maximum Gasteiger partial charge on any atom is 0.0583 e. The van der Waals surface area contributed by atoms with Gasteiger partial charge in [0.1, 0.15) is 0 Å². The van der Waals surface area contributed by atoms with Gasteiger partial charge >= 0.3 is 0 Å². The number of nitrogens with one attached hydrogen (secondary N) is 1. The van der Waals surface area contributed by atoms with Crippen LogP contribution in [0.4, 0.5) is 0 Å². The Morgan fingerprint density at radius 3 is 2.48 bits per heavy atom. The van der Waals surface area contributed by atoms with Crippen molar-refractivity contribution in [3.8, 4) is 0 Å². The zero-order valence-electron chi connectivity index (χ0n) is 14.1. The summed E-state index contributed by atoms with van der Waals surface area (Å²) in [6, 6.07) is 9.53. The third kappa shape index (κ3) is 5.80. The van der Waals surface area contributed by atoms with Gasteiger partial charge in [0.25, 0.3) is 0 Å². The second-order valence-electron chi connectivity index (χ2n) is 7.00. The number of benzene rings is 1. The van der Waals surface area contributed by atoms with Gasteiger partial charge < -0.3 is 10.1 Å². The number of ether oxygens (including phenoxy) is 1. The van der Waals surface area contributed by atoms with Gasteiger partial charge in [-0.25, -0.2) is 0 Å². The van der Waals surface area contributed by atoms with Crippen molar-refractivity contribution in [3.63, 3.8) is 0 Å². The number of hydrogen-bond donors (Lipinski definition) is 1. The molecule has 1 saturated heterocycles. The summed E-state index contributed by atoms with van der Waals surface area (Å²) in [6.45, 7) is 9.87. The van der Waals surface area contributed by atoms with Crippen LogP contribution in [0.2, 0.25) is 0 Å². The molecule has 0 spiro atoms. The third-order valence-corrected chi connectivity index (χ3v) is 4.38. The van der Waals surface area contributed by atoms with E-state index < -0.39 is 0 Å². The van der Waals surface area contributed by atoms with Crippen LogP contribution < -0.4 is 5.32 Å². The summed E-state index contributed by atoms with van der Waals surface area (Å²) >= 11 is 0. The van der Waals surface area contributed by atoms with Crippen LogP contribution in [0.25, 0.3) is 0 Å². The molecular formula is C19H31NO. The molecule has 21 heavy (non-hydrogen) atoms. The Labute approximate surface area is 130 Å². The first-order valence-electron chi connectivity index (χ1n) is 8.47. The molecule has 3 unspecified atom stereocenters. The number of rotatable bonds is 7. The minimum absolute atomic E-state index is 0.452. The molecule has 0 aliphatic carbocycles. The summed E-state index contributed by atoms with van der Waals surface area (Å²) in [5, 5.41) is 3.61. The highest BCUT2D eigenvalue weighted by atomic mass is 16.5. The standard InChI is InChI=1S/C19H31NO/c1-14(2)20-13-18(12-19-10-7-16(4)21-19)11-17-8-5-15(3)6-9-17/h5-6,8-9,14,16,18-20H,7,10-13H2,1-4H3. The second-order valence-corrected chi connectivity index (χ2v) is 7.00. The zero-order chi connectivity index (χ0) is 15.2. The molecule has 1 aromatic rings. The average Bonchev–Trinajstić information content (AvgIpc) is 2.84. The van der Waals surface area contributed by atoms with Crippen molar-refractivity contribution in [1.29, 1.82) is 0 Å². The summed E-state index contributed by atoms with van der Waals surface area (Å²) in [5.41, 5.74) is 2.78. The van der Waals surface area contributed by atoms with Gasteiger partial charge in [-0.05, 0) is 57.6 Å². The van der Waals surface area contributed by atoms with Gasteiger partial charge in [0.15, 0.2) is 0 Å². The van der Waals surface area contributed by atoms with Crippen LogP contribution in [0.15, 0.2) is 24.3 Å². The van der Waals surface area contributed by atoms with Gasteiger partial charge in [-0.15, -0.1) is 0 Å². The highest BCUT2D eigenvalue weighted by Gasteiger charge is 2.25. The first-order valence-corrected chi connectivity index (χ1v) is 8.47. The fraction of sp³-hybridized carbons (Fsp3) is 0.684. The third-order valence-electron chi connectivity index (χ3n) is 4.38. The largest absolute Gasteiger partial charge is 0.375 e. The topological polar surface area (TPSA) is 21.3 Å². The van der Waals surface area contributed by atoms with E-state index in [9.17, 15) is 0 Å². The molecule has 2 heteroatoms. The first-order chi connectivity index (χ1) is 10.0. The minimum atomic E-state index is 0.452. The number of aryl methyl sites for hydroxylation is 1. The van der Waals surface area contributed by atoms with Crippen LogP contribution in [0.5, 0.6) is 0 Å². The van der Waals surface area contributed by atoms with E-state index in [1.165, 1.54) is 30.4 Å². The summed E-state index contributed by atoms with van der Waals surface area (Å²) < 4.78 is 6.03. The van der Waals surface area contributed by atoms with Crippen LogP contribution in [-0.4, -0.2) is 24.8 Å². The van der Waals surface area contributed by atoms with Crippen molar-refractivity contribution in [2.45, 2.75) is 71.6 Å². The Morgan fingerprint density at radius 1 is 1.19 bits per heavy atom. The molecule has 3 atom stereocenters. The van der Waals surface area contributed by atoms with Gasteiger partial charge in [-0.3, -0.25) is 0 Å². The van der Waals surface area contributed by atoms with Gasteiger partial charge in [0.2, 0.25) is 0 Å². The fourth-order valence-electron chi connectivity index (χ4n) is 3.13. The molecule has 1 N–H and O–H groups in total. The highest BCUT2D eigenvalue weighted by Crippen LogP contribution is 2.26. The molecule has 0 bridgehead atoms. The Kier molecular flexibility index (Phi) is 6.25. The lowest BCUT2D eigenvalue weighted by molar-refractivity contribution is 0.0406. The molecule has 2 rings (SSSR count). The summed E-state index contributed by atoms with van der Waals surface area (Å²) in [4.78, 5) is 0. The lowest BCUT2D eigenvalue weighted by Crippen LogP contribution is -2.32. The Morgan fingerprint density at radius 2 is 1.90 bits per heavy atom. The normalized spacial score (nSPS) is 23.7. The molecular weight excluding hydrogens is 258 g/mol. The van der Waals surface area contributed by atoms with Crippen molar-refractivity contribution < 1.29 is 4.74 Å². The van der Waals surface area contributed by atoms with Crippen LogP contribution in [0, 0.1) is 12.8 Å². The maximum atomic E-state index is 6.03. The predicted molar refractivity (Wildman–Crippen MR) is 89.7 cm³/mol. The molecule has 1 aliphatic heterocycles. The smallest absolute Gasteiger partial charge is 0.0583 e. The van der Waals surface area contributed by atoms with Gasteiger partial charge in [0.05, 0.1) is 12.2 Å². The van der Waals surface area contributed by atoms with Gasteiger partial charge in [-0.1, -0.05) is 43.7 Å². The van der Waals surface area contributed by atoms with E-state index in [4.69, 9.17) is 4.74 Å². The predicted octanol–water partition coefficient (Wildman–Crippen LogP) is 4.11. The molecule has 0 radical (unpaired) electrons. The molecule has 0 amide bonds. The van der Waals surface area contributed by atoms with Crippen LogP contribution in [0.3, 0.4) is 0 Å². The molecule has 1 aromatic carbocycles. The molecule has 2 nitrogen and oxygen atoms in total. The van der Waals surface area contributed by atoms with E-state index in [1.807, 2.05) is 0 Å². The van der Waals surface area contributed by atoms with Crippen molar-refractivity contribution in [2.75, 3.05) is 6.54 Å². The number of hydrogen-bond acceptors (Lipinski definition) is 2. The minimum Gasteiger partial charge on any atom is -0.375 e. The van der Waals surface area contributed by atoms with Crippen LogP contribution in [-0.2, 0) is 11.2 Å². The van der Waals surface area contributed by atoms with Gasteiger partial charge in [0, 0.05) is 6.04 Å². The first kappa shape index (κ1) is 16.5. The fourth-order valence-corrected chi connectivity index (χ4v) is 3.13. The van der Waals surface area contributed by atoms with E-state index in [2.05, 4.69) is 57.3 Å². The molecule has 1 aliphatic rings. The van der Waals surface area contributed by atoms with Gasteiger partial charge in [-0.2, -0.15) is 0 Å². The summed E-state index contributed by atoms with van der Waals surface area (Å²) in [6.07, 6.45) is 5.69. The lowest BCUT2D eigenvalue weighted by Gasteiger charge is -2.23. The quantitative estimate of drug-likeness (QED) is 0.815. The summed E-state index contributed by atoms with van der Waals surface area (Å²) in [5.74, 6) is 0.658. The van der Waals surface area contributed by atoms with Crippen molar-refractivity contribution in [2.24, 2.45) is 5.92 Å². The van der Waals surface area contributed by atoms with E-state index in [0.29, 0.717) is 24.2 Å². The summed E-state index contributed by atoms with van der Waals surface area (Å²) in [7, 11) is 0. The molecule has 1 fully saturated rings. The van der Waals surface area contributed by atoms with Crippen LogP contribution in [0.1, 0.15) is 51.2 Å². The molecule has 0 saturated carbocycles. The molecule has 0 aromatic heterocycles. The Hall–Kier alpha value is -0.860. The second kappa shape index (κ2) is 7.95. The monoisotopic (exact) mass is 289 g/mol. The zero-order valence-corrected chi connectivity index (χ0v) is 14.1. The van der Waals surface area contributed by atoms with E-state index in [-0.39, 0.29) is 0 Å². The Balaban J connectivity index is 1.92. The van der Waals surface area contributed by atoms with Crippen molar-refractivity contribution in [3.05, 3.63) is 35.4 Å². The molecule has 1 heterocycles. The highest BCUT2D eigenvalue weighted by molar-refractivity contribution is 5.21. The molecule has 118 valence electrons.